The Hall–Kier alpha value is -1.05. The number of rotatable bonds is 3. The fourth-order valence-electron chi connectivity index (χ4n) is 4.18. The first-order valence-electron chi connectivity index (χ1n) is 7.83. The van der Waals surface area contributed by atoms with E-state index in [1.54, 1.807) is 0 Å². The van der Waals surface area contributed by atoms with Crippen LogP contribution in [0.4, 0.5) is 0 Å². The third-order valence-electron chi connectivity index (χ3n) is 5.39. The second-order valence-electron chi connectivity index (χ2n) is 6.53. The van der Waals surface area contributed by atoms with Crippen molar-refractivity contribution in [3.05, 3.63) is 35.9 Å². The smallest absolute Gasteiger partial charge is 0.224 e. The van der Waals surface area contributed by atoms with E-state index in [2.05, 4.69) is 37.2 Å². The lowest BCUT2D eigenvalue weighted by atomic mass is 9.42. The molecule has 0 aromatic heterocycles. The lowest BCUT2D eigenvalue weighted by molar-refractivity contribution is -0.116. The van der Waals surface area contributed by atoms with Crippen molar-refractivity contribution < 1.29 is 4.79 Å². The fourth-order valence-corrected chi connectivity index (χ4v) is 4.18. The van der Waals surface area contributed by atoms with Crippen molar-refractivity contribution in [2.75, 3.05) is 0 Å². The standard InChI is InChI=1S/C17H23BO/c1-18-15(11-13-7-3-2-4-8-13)12-16(17(18)19)14-9-5-6-10-14/h2-4,7-8,14-16H,5-6,9-12H2,1H3/t15-,16?/m0/s1. The highest BCUT2D eigenvalue weighted by Gasteiger charge is 2.45. The molecule has 0 bridgehead atoms. The molecule has 3 rings (SSSR count). The van der Waals surface area contributed by atoms with E-state index in [4.69, 9.17) is 0 Å². The molecule has 1 aliphatic carbocycles. The highest BCUT2D eigenvalue weighted by atomic mass is 16.1. The highest BCUT2D eigenvalue weighted by molar-refractivity contribution is 6.91. The van der Waals surface area contributed by atoms with Crippen LogP contribution in [-0.2, 0) is 11.2 Å². The first kappa shape index (κ1) is 13.0. The van der Waals surface area contributed by atoms with Crippen molar-refractivity contribution in [2.45, 2.75) is 51.2 Å². The van der Waals surface area contributed by atoms with E-state index in [-0.39, 0.29) is 6.71 Å². The zero-order valence-corrected chi connectivity index (χ0v) is 11.8. The summed E-state index contributed by atoms with van der Waals surface area (Å²) in [7, 11) is 0. The Labute approximate surface area is 116 Å². The second kappa shape index (κ2) is 5.52. The van der Waals surface area contributed by atoms with Gasteiger partial charge >= 0.3 is 0 Å². The SMILES string of the molecule is CB1C(=O)C(C2CCCC2)C[C@@H]1Cc1ccccc1. The normalized spacial score (nSPS) is 28.3. The second-order valence-corrected chi connectivity index (χ2v) is 6.53. The first-order chi connectivity index (χ1) is 9.25. The van der Waals surface area contributed by atoms with Crippen LogP contribution in [0.3, 0.4) is 0 Å². The van der Waals surface area contributed by atoms with Crippen LogP contribution < -0.4 is 0 Å². The molecule has 1 aromatic rings. The first-order valence-corrected chi connectivity index (χ1v) is 7.83. The Morgan fingerprint density at radius 3 is 2.53 bits per heavy atom. The largest absolute Gasteiger partial charge is 0.311 e. The average molecular weight is 254 g/mol. The lowest BCUT2D eigenvalue weighted by Gasteiger charge is -2.17. The molecule has 0 radical (unpaired) electrons. The van der Waals surface area contributed by atoms with Crippen LogP contribution in [0, 0.1) is 11.8 Å². The molecule has 1 saturated carbocycles. The van der Waals surface area contributed by atoms with Crippen molar-refractivity contribution in [3.8, 4) is 0 Å². The van der Waals surface area contributed by atoms with Crippen LogP contribution in [0.1, 0.15) is 37.7 Å². The summed E-state index contributed by atoms with van der Waals surface area (Å²) in [6.45, 7) is 2.43. The Morgan fingerprint density at radius 2 is 1.84 bits per heavy atom. The van der Waals surface area contributed by atoms with Crippen molar-refractivity contribution in [2.24, 2.45) is 11.8 Å². The number of hydrogen-bond donors (Lipinski definition) is 0. The molecule has 1 unspecified atom stereocenters. The Morgan fingerprint density at radius 1 is 1.16 bits per heavy atom. The molecule has 0 N–H and O–H groups in total. The van der Waals surface area contributed by atoms with Crippen molar-refractivity contribution in [1.29, 1.82) is 0 Å². The Balaban J connectivity index is 1.68. The molecule has 2 fully saturated rings. The summed E-state index contributed by atoms with van der Waals surface area (Å²) >= 11 is 0. The molecule has 100 valence electrons. The van der Waals surface area contributed by atoms with Crippen molar-refractivity contribution in [3.63, 3.8) is 0 Å². The van der Waals surface area contributed by atoms with Gasteiger partial charge in [-0.2, -0.15) is 0 Å². The summed E-state index contributed by atoms with van der Waals surface area (Å²) in [6.07, 6.45) is 7.48. The molecule has 2 aliphatic rings. The van der Waals surface area contributed by atoms with E-state index in [1.807, 2.05) is 0 Å². The lowest BCUT2D eigenvalue weighted by Crippen LogP contribution is -2.26. The van der Waals surface area contributed by atoms with Crippen LogP contribution in [0.15, 0.2) is 30.3 Å². The molecule has 2 atom stereocenters. The van der Waals surface area contributed by atoms with Gasteiger partial charge in [0.05, 0.1) is 5.68 Å². The van der Waals surface area contributed by atoms with Crippen LogP contribution in [0.2, 0.25) is 12.6 Å². The van der Waals surface area contributed by atoms with Crippen LogP contribution in [0.25, 0.3) is 0 Å². The monoisotopic (exact) mass is 254 g/mol. The van der Waals surface area contributed by atoms with E-state index >= 15 is 0 Å². The Kier molecular flexibility index (Phi) is 3.77. The van der Waals surface area contributed by atoms with E-state index in [9.17, 15) is 4.79 Å². The molecule has 1 aliphatic heterocycles. The van der Waals surface area contributed by atoms with Gasteiger partial charge in [-0.05, 0) is 37.2 Å². The minimum absolute atomic E-state index is 0.269. The van der Waals surface area contributed by atoms with Gasteiger partial charge in [0.2, 0.25) is 6.71 Å². The molecule has 1 nitrogen and oxygen atoms in total. The van der Waals surface area contributed by atoms with Gasteiger partial charge in [0, 0.05) is 5.92 Å². The van der Waals surface area contributed by atoms with E-state index in [1.165, 1.54) is 31.2 Å². The number of carbonyl (C=O) groups is 1. The quantitative estimate of drug-likeness (QED) is 0.744. The third-order valence-corrected chi connectivity index (χ3v) is 5.39. The maximum atomic E-state index is 12.5. The zero-order chi connectivity index (χ0) is 13.2. The summed E-state index contributed by atoms with van der Waals surface area (Å²) in [6, 6.07) is 10.7. The molecule has 2 heteroatoms. The van der Waals surface area contributed by atoms with Crippen LogP contribution in [0.5, 0.6) is 0 Å². The van der Waals surface area contributed by atoms with Gasteiger partial charge in [0.25, 0.3) is 0 Å². The summed E-state index contributed by atoms with van der Waals surface area (Å²) in [5.41, 5.74) is 1.95. The van der Waals surface area contributed by atoms with Gasteiger partial charge in [-0.3, -0.25) is 0 Å². The van der Waals surface area contributed by atoms with Gasteiger partial charge in [0.1, 0.15) is 0 Å². The third kappa shape index (κ3) is 2.63. The van der Waals surface area contributed by atoms with Crippen molar-refractivity contribution in [1.82, 2.24) is 0 Å². The molecule has 1 aromatic carbocycles. The summed E-state index contributed by atoms with van der Waals surface area (Å²) in [5, 5.41) is 0. The minimum atomic E-state index is 0.269. The van der Waals surface area contributed by atoms with Crippen LogP contribution >= 0.6 is 0 Å². The fraction of sp³-hybridized carbons (Fsp3) is 0.588. The van der Waals surface area contributed by atoms with Crippen molar-refractivity contribution >= 4 is 12.4 Å². The maximum Gasteiger partial charge on any atom is 0.224 e. The van der Waals surface area contributed by atoms with E-state index in [0.29, 0.717) is 23.3 Å². The molecule has 19 heavy (non-hydrogen) atoms. The number of benzene rings is 1. The maximum absolute atomic E-state index is 12.5. The topological polar surface area (TPSA) is 17.1 Å². The molecular weight excluding hydrogens is 231 g/mol. The van der Waals surface area contributed by atoms with E-state index < -0.39 is 0 Å². The molecule has 1 saturated heterocycles. The predicted molar refractivity (Wildman–Crippen MR) is 80.6 cm³/mol. The van der Waals surface area contributed by atoms with E-state index in [0.717, 1.165) is 12.8 Å². The highest BCUT2D eigenvalue weighted by Crippen LogP contribution is 2.43. The van der Waals surface area contributed by atoms with Gasteiger partial charge in [-0.25, -0.2) is 0 Å². The number of carbonyl (C=O) groups excluding carboxylic acids is 1. The zero-order valence-electron chi connectivity index (χ0n) is 11.8. The minimum Gasteiger partial charge on any atom is -0.311 e. The average Bonchev–Trinajstić information content (AvgIpc) is 3.04. The molecule has 1 heterocycles. The van der Waals surface area contributed by atoms with Gasteiger partial charge < -0.3 is 4.79 Å². The summed E-state index contributed by atoms with van der Waals surface area (Å²) < 4.78 is 0. The number of hydrogen-bond acceptors (Lipinski definition) is 1. The summed E-state index contributed by atoms with van der Waals surface area (Å²) in [4.78, 5) is 12.5. The predicted octanol–water partition coefficient (Wildman–Crippen LogP) is 4.04. The molecule has 0 amide bonds. The molecule has 0 spiro atoms. The van der Waals surface area contributed by atoms with Gasteiger partial charge in [-0.15, -0.1) is 0 Å². The molecular formula is C17H23BO. The Bertz CT molecular complexity index is 436. The summed E-state index contributed by atoms with van der Waals surface area (Å²) in [5.74, 6) is 1.66. The van der Waals surface area contributed by atoms with Crippen LogP contribution in [-0.4, -0.2) is 12.4 Å². The van der Waals surface area contributed by atoms with Gasteiger partial charge in [0.15, 0.2) is 0 Å². The van der Waals surface area contributed by atoms with Gasteiger partial charge in [-0.1, -0.05) is 55.8 Å².